The maximum atomic E-state index is 5.32. The Morgan fingerprint density at radius 3 is 1.91 bits per heavy atom. The maximum absolute atomic E-state index is 5.32. The van der Waals surface area contributed by atoms with Gasteiger partial charge in [-0.3, -0.25) is 4.57 Å². The summed E-state index contributed by atoms with van der Waals surface area (Å²) in [5.74, 6) is 0.665. The van der Waals surface area contributed by atoms with Crippen molar-refractivity contribution >= 4 is 21.8 Å². The first-order valence-electron chi connectivity index (χ1n) is 15.9. The van der Waals surface area contributed by atoms with Crippen LogP contribution in [0.25, 0.3) is 72.5 Å². The first-order valence-corrected chi connectivity index (χ1v) is 15.9. The van der Waals surface area contributed by atoms with Gasteiger partial charge >= 0.3 is 0 Å². The molecule has 218 valence electrons. The van der Waals surface area contributed by atoms with Crippen molar-refractivity contribution in [1.82, 2.24) is 14.5 Å². The summed E-state index contributed by atoms with van der Waals surface area (Å²) in [6.07, 6.45) is 0. The Hall–Kier alpha value is -5.80. The van der Waals surface area contributed by atoms with Crippen LogP contribution in [0.15, 0.2) is 152 Å². The number of hydrogen-bond acceptors (Lipinski definition) is 2. The lowest BCUT2D eigenvalue weighted by molar-refractivity contribution is 0.661. The van der Waals surface area contributed by atoms with Gasteiger partial charge in [0.25, 0.3) is 0 Å². The van der Waals surface area contributed by atoms with Crippen molar-refractivity contribution in [3.05, 3.63) is 163 Å². The van der Waals surface area contributed by atoms with Gasteiger partial charge in [0.15, 0.2) is 0 Å². The third-order valence-electron chi connectivity index (χ3n) is 9.63. The van der Waals surface area contributed by atoms with Crippen LogP contribution >= 0.6 is 0 Å². The minimum Gasteiger partial charge on any atom is -0.278 e. The van der Waals surface area contributed by atoms with Gasteiger partial charge in [0, 0.05) is 27.3 Å². The van der Waals surface area contributed by atoms with Crippen LogP contribution in [0.5, 0.6) is 0 Å². The molecule has 2 heterocycles. The quantitative estimate of drug-likeness (QED) is 0.204. The summed E-state index contributed by atoms with van der Waals surface area (Å²) in [5.41, 5.74) is 13.7. The van der Waals surface area contributed by atoms with Crippen molar-refractivity contribution in [2.24, 2.45) is 0 Å². The highest BCUT2D eigenvalue weighted by atomic mass is 15.2. The average molecular weight is 590 g/mol. The molecule has 0 bridgehead atoms. The number of hydrogen-bond donors (Lipinski definition) is 0. The van der Waals surface area contributed by atoms with E-state index in [4.69, 9.17) is 9.97 Å². The van der Waals surface area contributed by atoms with E-state index in [0.717, 1.165) is 39.1 Å². The van der Waals surface area contributed by atoms with Crippen molar-refractivity contribution in [3.63, 3.8) is 0 Å². The monoisotopic (exact) mass is 589 g/mol. The van der Waals surface area contributed by atoms with Crippen LogP contribution < -0.4 is 0 Å². The third kappa shape index (κ3) is 3.98. The molecule has 0 fully saturated rings. The molecule has 1 aliphatic rings. The van der Waals surface area contributed by atoms with E-state index in [1.165, 1.54) is 38.6 Å². The minimum atomic E-state index is -0.0794. The fourth-order valence-electron chi connectivity index (χ4n) is 7.40. The first-order chi connectivity index (χ1) is 22.6. The van der Waals surface area contributed by atoms with Crippen LogP contribution in [-0.4, -0.2) is 14.5 Å². The average Bonchev–Trinajstić information content (AvgIpc) is 3.58. The topological polar surface area (TPSA) is 30.7 Å². The highest BCUT2D eigenvalue weighted by molar-refractivity contribution is 6.17. The van der Waals surface area contributed by atoms with E-state index in [1.54, 1.807) is 0 Å². The molecule has 1 aliphatic carbocycles. The second-order valence-corrected chi connectivity index (χ2v) is 12.7. The van der Waals surface area contributed by atoms with E-state index >= 15 is 0 Å². The lowest BCUT2D eigenvalue weighted by Gasteiger charge is -2.21. The Balaban J connectivity index is 1.34. The fraction of sp³-hybridized carbons (Fsp3) is 0.0698. The zero-order chi connectivity index (χ0) is 30.8. The summed E-state index contributed by atoms with van der Waals surface area (Å²) in [6.45, 7) is 4.68. The van der Waals surface area contributed by atoms with Gasteiger partial charge in [-0.1, -0.05) is 141 Å². The highest BCUT2D eigenvalue weighted by Crippen LogP contribution is 2.53. The zero-order valence-corrected chi connectivity index (χ0v) is 25.8. The molecular formula is C43H31N3. The molecule has 0 amide bonds. The highest BCUT2D eigenvalue weighted by Gasteiger charge is 2.37. The van der Waals surface area contributed by atoms with Gasteiger partial charge in [-0.05, 0) is 57.6 Å². The summed E-state index contributed by atoms with van der Waals surface area (Å²) >= 11 is 0. The first kappa shape index (κ1) is 26.6. The molecule has 3 heteroatoms. The molecule has 3 nitrogen and oxygen atoms in total. The Kier molecular flexibility index (Phi) is 5.85. The molecule has 0 spiro atoms. The van der Waals surface area contributed by atoms with E-state index in [1.807, 2.05) is 6.07 Å². The van der Waals surface area contributed by atoms with Crippen molar-refractivity contribution < 1.29 is 0 Å². The Bertz CT molecular complexity index is 2440. The molecule has 6 aromatic carbocycles. The molecule has 0 radical (unpaired) electrons. The molecule has 0 saturated heterocycles. The standard InChI is InChI=1S/C43H31N3/c1-43(2)34-22-11-9-20-32(34)40-35(43)24-25-39-41(40)33-21-10-12-23-38(33)46(39)42-44-36(29-16-7-4-8-17-29)27-37(45-42)31-19-13-18-30(26-31)28-14-5-3-6-15-28/h3-27H,1-2H3. The Morgan fingerprint density at radius 2 is 1.11 bits per heavy atom. The fourth-order valence-corrected chi connectivity index (χ4v) is 7.40. The van der Waals surface area contributed by atoms with E-state index in [-0.39, 0.29) is 5.41 Å². The Labute approximate surface area is 268 Å². The van der Waals surface area contributed by atoms with Gasteiger partial charge in [-0.25, -0.2) is 9.97 Å². The van der Waals surface area contributed by atoms with E-state index in [2.05, 4.69) is 164 Å². The summed E-state index contributed by atoms with van der Waals surface area (Å²) < 4.78 is 2.26. The number of aromatic nitrogens is 3. The second-order valence-electron chi connectivity index (χ2n) is 12.7. The molecule has 0 N–H and O–H groups in total. The number of para-hydroxylation sites is 1. The van der Waals surface area contributed by atoms with Gasteiger partial charge in [0.1, 0.15) is 0 Å². The van der Waals surface area contributed by atoms with Crippen molar-refractivity contribution in [3.8, 4) is 50.7 Å². The summed E-state index contributed by atoms with van der Waals surface area (Å²) in [4.78, 5) is 10.6. The molecule has 2 aromatic heterocycles. The molecule has 8 aromatic rings. The largest absolute Gasteiger partial charge is 0.278 e. The van der Waals surface area contributed by atoms with Gasteiger partial charge in [0.05, 0.1) is 22.4 Å². The molecule has 46 heavy (non-hydrogen) atoms. The van der Waals surface area contributed by atoms with Crippen LogP contribution in [0.1, 0.15) is 25.0 Å². The SMILES string of the molecule is CC1(C)c2ccccc2-c2c1ccc1c2c2ccccc2n1-c1nc(-c2ccccc2)cc(-c2cccc(-c3ccccc3)c2)n1. The number of nitrogens with zero attached hydrogens (tertiary/aromatic N) is 3. The van der Waals surface area contributed by atoms with Crippen LogP contribution in [0, 0.1) is 0 Å². The normalized spacial score (nSPS) is 13.2. The van der Waals surface area contributed by atoms with Gasteiger partial charge in [-0.15, -0.1) is 0 Å². The molecule has 0 atom stereocenters. The predicted molar refractivity (Wildman–Crippen MR) is 190 cm³/mol. The second kappa shape index (κ2) is 10.1. The summed E-state index contributed by atoms with van der Waals surface area (Å²) in [7, 11) is 0. The minimum absolute atomic E-state index is 0.0794. The van der Waals surface area contributed by atoms with Crippen molar-refractivity contribution in [2.75, 3.05) is 0 Å². The van der Waals surface area contributed by atoms with Crippen LogP contribution in [-0.2, 0) is 5.41 Å². The molecule has 9 rings (SSSR count). The van der Waals surface area contributed by atoms with Gasteiger partial charge in [0.2, 0.25) is 5.95 Å². The van der Waals surface area contributed by atoms with Crippen LogP contribution in [0.4, 0.5) is 0 Å². The zero-order valence-electron chi connectivity index (χ0n) is 25.8. The summed E-state index contributed by atoms with van der Waals surface area (Å²) in [6, 6.07) is 53.8. The van der Waals surface area contributed by atoms with E-state index in [0.29, 0.717) is 5.95 Å². The van der Waals surface area contributed by atoms with Crippen molar-refractivity contribution in [2.45, 2.75) is 19.3 Å². The Morgan fingerprint density at radius 1 is 0.478 bits per heavy atom. The number of fused-ring (bicyclic) bond motifs is 7. The van der Waals surface area contributed by atoms with Crippen molar-refractivity contribution in [1.29, 1.82) is 0 Å². The third-order valence-corrected chi connectivity index (χ3v) is 9.63. The lowest BCUT2D eigenvalue weighted by atomic mass is 9.82. The summed E-state index contributed by atoms with van der Waals surface area (Å²) in [5, 5.41) is 2.47. The van der Waals surface area contributed by atoms with E-state index in [9.17, 15) is 0 Å². The number of benzene rings is 6. The van der Waals surface area contributed by atoms with Crippen LogP contribution in [0.2, 0.25) is 0 Å². The smallest absolute Gasteiger partial charge is 0.235 e. The lowest BCUT2D eigenvalue weighted by Crippen LogP contribution is -2.14. The molecule has 0 saturated carbocycles. The van der Waals surface area contributed by atoms with Gasteiger partial charge < -0.3 is 0 Å². The predicted octanol–water partition coefficient (Wildman–Crippen LogP) is 10.9. The molecule has 0 aliphatic heterocycles. The number of rotatable bonds is 4. The van der Waals surface area contributed by atoms with E-state index < -0.39 is 0 Å². The van der Waals surface area contributed by atoms with Gasteiger partial charge in [-0.2, -0.15) is 0 Å². The molecule has 0 unspecified atom stereocenters. The van der Waals surface area contributed by atoms with Crippen LogP contribution in [0.3, 0.4) is 0 Å². The molecular weight excluding hydrogens is 558 g/mol. The maximum Gasteiger partial charge on any atom is 0.235 e.